The van der Waals surface area contributed by atoms with Crippen LogP contribution in [0.1, 0.15) is 31.2 Å². The van der Waals surface area contributed by atoms with Crippen molar-refractivity contribution in [1.82, 2.24) is 5.43 Å². The molecule has 0 saturated carbocycles. The standard InChI is InChI=1S/C18H19N3O5S/c1-18(2,3)11-4-6-13-14(8-11)26-15(10-25-13)17(22)20-19-9-12-5-7-16(27-12)21(23)24/h4-9,15H,10H2,1-3H3,(H,20,22)/b19-9-. The van der Waals surface area contributed by atoms with Crippen LogP contribution in [0.25, 0.3) is 0 Å². The maximum Gasteiger partial charge on any atom is 0.324 e. The number of ether oxygens (including phenoxy) is 2. The first-order valence-corrected chi connectivity index (χ1v) is 9.07. The SMILES string of the molecule is CC(C)(C)c1ccc2c(c1)OC(C(=O)N/N=C\c1ccc([N+](=O)[O-])s1)CO2. The van der Waals surface area contributed by atoms with E-state index in [1.165, 1.54) is 12.3 Å². The molecule has 1 amide bonds. The summed E-state index contributed by atoms with van der Waals surface area (Å²) in [4.78, 5) is 23.0. The van der Waals surface area contributed by atoms with E-state index in [-0.39, 0.29) is 17.0 Å². The second kappa shape index (κ2) is 7.36. The highest BCUT2D eigenvalue weighted by Gasteiger charge is 2.28. The molecule has 8 nitrogen and oxygen atoms in total. The second-order valence-electron chi connectivity index (χ2n) is 7.00. The lowest BCUT2D eigenvalue weighted by molar-refractivity contribution is -0.380. The van der Waals surface area contributed by atoms with Gasteiger partial charge in [0.15, 0.2) is 11.5 Å². The van der Waals surface area contributed by atoms with Crippen molar-refractivity contribution in [3.05, 3.63) is 50.9 Å². The third kappa shape index (κ3) is 4.43. The molecule has 2 heterocycles. The number of benzene rings is 1. The quantitative estimate of drug-likeness (QED) is 0.491. The number of nitro groups is 1. The van der Waals surface area contributed by atoms with Gasteiger partial charge in [0.05, 0.1) is 16.0 Å². The summed E-state index contributed by atoms with van der Waals surface area (Å²) in [5, 5.41) is 14.5. The van der Waals surface area contributed by atoms with Gasteiger partial charge in [-0.15, -0.1) is 0 Å². The normalized spacial score (nSPS) is 16.3. The Morgan fingerprint density at radius 3 is 2.78 bits per heavy atom. The number of nitrogens with zero attached hydrogens (tertiary/aromatic N) is 2. The minimum Gasteiger partial charge on any atom is -0.485 e. The van der Waals surface area contributed by atoms with E-state index in [2.05, 4.69) is 31.3 Å². The van der Waals surface area contributed by atoms with Crippen LogP contribution in [0.3, 0.4) is 0 Å². The molecule has 0 radical (unpaired) electrons. The number of nitrogens with one attached hydrogen (secondary N) is 1. The molecular formula is C18H19N3O5S. The molecule has 9 heteroatoms. The molecule has 0 fully saturated rings. The molecule has 0 spiro atoms. The van der Waals surface area contributed by atoms with Gasteiger partial charge in [0.25, 0.3) is 5.91 Å². The molecule has 1 unspecified atom stereocenters. The Kier molecular flexibility index (Phi) is 5.13. The van der Waals surface area contributed by atoms with Crippen LogP contribution in [-0.4, -0.2) is 29.8 Å². The Hall–Kier alpha value is -2.94. The maximum atomic E-state index is 12.3. The number of carbonyl (C=O) groups is 1. The van der Waals surface area contributed by atoms with Crippen LogP contribution in [0.5, 0.6) is 11.5 Å². The number of carbonyl (C=O) groups excluding carboxylic acids is 1. The molecule has 1 aliphatic heterocycles. The van der Waals surface area contributed by atoms with Crippen molar-refractivity contribution in [1.29, 1.82) is 0 Å². The minimum absolute atomic E-state index is 0.0121. The molecule has 0 aliphatic carbocycles. The van der Waals surface area contributed by atoms with E-state index >= 15 is 0 Å². The molecule has 142 valence electrons. The maximum absolute atomic E-state index is 12.3. The first-order chi connectivity index (χ1) is 12.7. The van der Waals surface area contributed by atoms with Gasteiger partial charge in [0.1, 0.15) is 6.61 Å². The van der Waals surface area contributed by atoms with E-state index in [4.69, 9.17) is 9.47 Å². The molecule has 1 atom stereocenters. The molecule has 0 saturated heterocycles. The number of hydrazone groups is 1. The molecule has 2 aromatic rings. The fourth-order valence-corrected chi connectivity index (χ4v) is 3.10. The number of hydrogen-bond acceptors (Lipinski definition) is 7. The van der Waals surface area contributed by atoms with Gasteiger partial charge in [-0.2, -0.15) is 5.10 Å². The summed E-state index contributed by atoms with van der Waals surface area (Å²) in [5.41, 5.74) is 3.40. The molecule has 1 aromatic carbocycles. The first-order valence-electron chi connectivity index (χ1n) is 8.25. The molecule has 1 aromatic heterocycles. The van der Waals surface area contributed by atoms with Gasteiger partial charge in [-0.05, 0) is 29.2 Å². The lowest BCUT2D eigenvalue weighted by Gasteiger charge is -2.27. The van der Waals surface area contributed by atoms with Crippen molar-refractivity contribution in [2.45, 2.75) is 32.3 Å². The molecule has 3 rings (SSSR count). The van der Waals surface area contributed by atoms with Crippen LogP contribution in [0.2, 0.25) is 0 Å². The fourth-order valence-electron chi connectivity index (χ4n) is 2.41. The van der Waals surface area contributed by atoms with Gasteiger partial charge >= 0.3 is 5.00 Å². The second-order valence-corrected chi connectivity index (χ2v) is 8.09. The molecule has 1 aliphatic rings. The average Bonchev–Trinajstić information content (AvgIpc) is 3.09. The highest BCUT2D eigenvalue weighted by Crippen LogP contribution is 2.36. The van der Waals surface area contributed by atoms with Crippen LogP contribution < -0.4 is 14.9 Å². The van der Waals surface area contributed by atoms with Gasteiger partial charge < -0.3 is 9.47 Å². The average molecular weight is 389 g/mol. The Balaban J connectivity index is 1.63. The third-order valence-electron chi connectivity index (χ3n) is 3.92. The predicted octanol–water partition coefficient (Wildman–Crippen LogP) is 3.24. The largest absolute Gasteiger partial charge is 0.485 e. The Labute approximate surface area is 159 Å². The highest BCUT2D eigenvalue weighted by atomic mass is 32.1. The van der Waals surface area contributed by atoms with Crippen LogP contribution in [0, 0.1) is 10.1 Å². The third-order valence-corrected chi connectivity index (χ3v) is 4.89. The molecule has 27 heavy (non-hydrogen) atoms. The Bertz CT molecular complexity index is 901. The van der Waals surface area contributed by atoms with Crippen LogP contribution in [0.4, 0.5) is 5.00 Å². The Morgan fingerprint density at radius 2 is 2.11 bits per heavy atom. The van der Waals surface area contributed by atoms with E-state index in [0.29, 0.717) is 16.4 Å². The molecule has 1 N–H and O–H groups in total. The number of amides is 1. The zero-order valence-corrected chi connectivity index (χ0v) is 15.9. The summed E-state index contributed by atoms with van der Waals surface area (Å²) in [6.45, 7) is 6.35. The van der Waals surface area contributed by atoms with Gasteiger partial charge in [0.2, 0.25) is 6.10 Å². The van der Waals surface area contributed by atoms with E-state index in [1.807, 2.05) is 18.2 Å². The molecule has 0 bridgehead atoms. The van der Waals surface area contributed by atoms with Crippen molar-refractivity contribution in [3.63, 3.8) is 0 Å². The monoisotopic (exact) mass is 389 g/mol. The summed E-state index contributed by atoms with van der Waals surface area (Å²) in [5.74, 6) is 0.664. The van der Waals surface area contributed by atoms with Gasteiger partial charge in [-0.25, -0.2) is 5.43 Å². The fraction of sp³-hybridized carbons (Fsp3) is 0.333. The number of rotatable bonds is 4. The summed E-state index contributed by atoms with van der Waals surface area (Å²) < 4.78 is 11.4. The zero-order chi connectivity index (χ0) is 19.6. The van der Waals surface area contributed by atoms with Crippen molar-refractivity contribution >= 4 is 28.5 Å². The van der Waals surface area contributed by atoms with Gasteiger partial charge in [0, 0.05) is 6.07 Å². The predicted molar refractivity (Wildman–Crippen MR) is 102 cm³/mol. The number of fused-ring (bicyclic) bond motifs is 1. The summed E-state index contributed by atoms with van der Waals surface area (Å²) in [6, 6.07) is 8.64. The summed E-state index contributed by atoms with van der Waals surface area (Å²) in [6.07, 6.45) is 0.521. The lowest BCUT2D eigenvalue weighted by atomic mass is 9.87. The summed E-state index contributed by atoms with van der Waals surface area (Å²) >= 11 is 0.967. The first kappa shape index (κ1) is 18.8. The highest BCUT2D eigenvalue weighted by molar-refractivity contribution is 7.16. The van der Waals surface area contributed by atoms with Crippen LogP contribution >= 0.6 is 11.3 Å². The van der Waals surface area contributed by atoms with Crippen LogP contribution in [0.15, 0.2) is 35.4 Å². The van der Waals surface area contributed by atoms with Crippen LogP contribution in [-0.2, 0) is 10.2 Å². The summed E-state index contributed by atoms with van der Waals surface area (Å²) in [7, 11) is 0. The van der Waals surface area contributed by atoms with Gasteiger partial charge in [-0.1, -0.05) is 38.2 Å². The minimum atomic E-state index is -0.831. The Morgan fingerprint density at radius 1 is 1.33 bits per heavy atom. The van der Waals surface area contributed by atoms with E-state index in [9.17, 15) is 14.9 Å². The van der Waals surface area contributed by atoms with Crippen molar-refractivity contribution in [2.24, 2.45) is 5.10 Å². The smallest absolute Gasteiger partial charge is 0.324 e. The number of thiophene rings is 1. The molecular weight excluding hydrogens is 370 g/mol. The van der Waals surface area contributed by atoms with E-state index in [1.54, 1.807) is 6.07 Å². The van der Waals surface area contributed by atoms with Crippen molar-refractivity contribution < 1.29 is 19.2 Å². The van der Waals surface area contributed by atoms with E-state index in [0.717, 1.165) is 16.9 Å². The zero-order valence-electron chi connectivity index (χ0n) is 15.1. The topological polar surface area (TPSA) is 103 Å². The lowest BCUT2D eigenvalue weighted by Crippen LogP contribution is -2.42. The number of hydrogen-bond donors (Lipinski definition) is 1. The van der Waals surface area contributed by atoms with E-state index < -0.39 is 16.9 Å². The van der Waals surface area contributed by atoms with Crippen molar-refractivity contribution in [2.75, 3.05) is 6.61 Å². The van der Waals surface area contributed by atoms with Crippen molar-refractivity contribution in [3.8, 4) is 11.5 Å². The van der Waals surface area contributed by atoms with Gasteiger partial charge in [-0.3, -0.25) is 14.9 Å².